The highest BCUT2D eigenvalue weighted by Crippen LogP contribution is 2.65. The molecular formula is C19H30O2. The van der Waals surface area contributed by atoms with Gasteiger partial charge < -0.3 is 10.2 Å². The first kappa shape index (κ1) is 14.3. The highest BCUT2D eigenvalue weighted by Gasteiger charge is 2.58. The van der Waals surface area contributed by atoms with Gasteiger partial charge in [-0.3, -0.25) is 0 Å². The summed E-state index contributed by atoms with van der Waals surface area (Å²) in [5.74, 6) is 2.32. The van der Waals surface area contributed by atoms with E-state index in [-0.39, 0.29) is 17.6 Å². The highest BCUT2D eigenvalue weighted by molar-refractivity contribution is 5.25. The van der Waals surface area contributed by atoms with Crippen molar-refractivity contribution in [2.24, 2.45) is 28.6 Å². The van der Waals surface area contributed by atoms with Gasteiger partial charge in [0.2, 0.25) is 0 Å². The molecule has 2 nitrogen and oxygen atoms in total. The lowest BCUT2D eigenvalue weighted by Crippen LogP contribution is -2.51. The van der Waals surface area contributed by atoms with Crippen LogP contribution in [0.25, 0.3) is 0 Å². The summed E-state index contributed by atoms with van der Waals surface area (Å²) in [5.41, 5.74) is 2.06. The van der Waals surface area contributed by atoms with Crippen molar-refractivity contribution >= 4 is 0 Å². The Bertz CT molecular complexity index is 470. The molecule has 4 aliphatic rings. The molecule has 21 heavy (non-hydrogen) atoms. The molecule has 0 bridgehead atoms. The molecule has 0 saturated heterocycles. The third-order valence-corrected chi connectivity index (χ3v) is 8.04. The minimum atomic E-state index is -0.202. The van der Waals surface area contributed by atoms with Gasteiger partial charge in [-0.15, -0.1) is 0 Å². The standard InChI is InChI=1S/C19H30O2/c1-18-9-7-13(20)11-12(18)3-4-14-15-5-6-17(21)19(15,2)10-8-16(14)18/h11,13-17,20-21H,3-10H2,1-2H3/t13-,14+,15+,16+,17+,18-,19-/m0/s1. The maximum absolute atomic E-state index is 10.5. The van der Waals surface area contributed by atoms with Crippen molar-refractivity contribution in [1.29, 1.82) is 0 Å². The number of aliphatic hydroxyl groups is 2. The van der Waals surface area contributed by atoms with E-state index in [1.54, 1.807) is 5.57 Å². The van der Waals surface area contributed by atoms with Gasteiger partial charge in [-0.1, -0.05) is 25.5 Å². The van der Waals surface area contributed by atoms with E-state index in [1.807, 2.05) is 0 Å². The number of hydrogen-bond donors (Lipinski definition) is 2. The van der Waals surface area contributed by atoms with Crippen LogP contribution in [0.15, 0.2) is 11.6 Å². The van der Waals surface area contributed by atoms with Crippen LogP contribution in [0.5, 0.6) is 0 Å². The second kappa shape index (κ2) is 4.58. The molecule has 118 valence electrons. The van der Waals surface area contributed by atoms with Crippen LogP contribution in [0.4, 0.5) is 0 Å². The molecule has 0 amide bonds. The van der Waals surface area contributed by atoms with Crippen molar-refractivity contribution in [2.45, 2.75) is 77.4 Å². The summed E-state index contributed by atoms with van der Waals surface area (Å²) in [4.78, 5) is 0. The third kappa shape index (κ3) is 1.84. The van der Waals surface area contributed by atoms with Crippen molar-refractivity contribution in [3.63, 3.8) is 0 Å². The van der Waals surface area contributed by atoms with E-state index in [0.717, 1.165) is 37.0 Å². The summed E-state index contributed by atoms with van der Waals surface area (Å²) in [6, 6.07) is 0. The summed E-state index contributed by atoms with van der Waals surface area (Å²) in [6.07, 6.45) is 11.2. The Labute approximate surface area is 128 Å². The Balaban J connectivity index is 1.67. The minimum Gasteiger partial charge on any atom is -0.393 e. The van der Waals surface area contributed by atoms with Crippen LogP contribution in [0.1, 0.15) is 65.2 Å². The van der Waals surface area contributed by atoms with Crippen LogP contribution in [0.2, 0.25) is 0 Å². The fourth-order valence-electron chi connectivity index (χ4n) is 6.68. The van der Waals surface area contributed by atoms with Gasteiger partial charge in [-0.25, -0.2) is 0 Å². The number of aliphatic hydroxyl groups excluding tert-OH is 2. The Kier molecular flexibility index (Phi) is 3.11. The van der Waals surface area contributed by atoms with Crippen molar-refractivity contribution in [3.8, 4) is 0 Å². The summed E-state index contributed by atoms with van der Waals surface area (Å²) < 4.78 is 0. The first-order valence-electron chi connectivity index (χ1n) is 9.02. The Morgan fingerprint density at radius 1 is 0.952 bits per heavy atom. The predicted octanol–water partition coefficient (Wildman–Crippen LogP) is 3.67. The van der Waals surface area contributed by atoms with E-state index >= 15 is 0 Å². The molecule has 0 aromatic rings. The molecule has 0 aliphatic heterocycles. The van der Waals surface area contributed by atoms with Crippen LogP contribution < -0.4 is 0 Å². The monoisotopic (exact) mass is 290 g/mol. The molecule has 3 fully saturated rings. The maximum Gasteiger partial charge on any atom is 0.0724 e. The SMILES string of the molecule is C[C@]12CC[C@@H]3[C@H](CCC4=C[C@@H](O)CC[C@@]43C)[C@H]1CC[C@H]2O. The zero-order valence-electron chi connectivity index (χ0n) is 13.5. The molecule has 0 aromatic heterocycles. The lowest BCUT2D eigenvalue weighted by molar-refractivity contribution is -0.0761. The van der Waals surface area contributed by atoms with Gasteiger partial charge in [0.1, 0.15) is 0 Å². The molecule has 0 aromatic carbocycles. The topological polar surface area (TPSA) is 40.5 Å². The Morgan fingerprint density at radius 2 is 1.76 bits per heavy atom. The summed E-state index contributed by atoms with van der Waals surface area (Å²) in [7, 11) is 0. The Morgan fingerprint density at radius 3 is 2.57 bits per heavy atom. The zero-order chi connectivity index (χ0) is 14.8. The number of allylic oxidation sites excluding steroid dienone is 1. The molecule has 4 aliphatic carbocycles. The molecule has 3 saturated carbocycles. The van der Waals surface area contributed by atoms with Crippen molar-refractivity contribution < 1.29 is 10.2 Å². The van der Waals surface area contributed by atoms with Crippen LogP contribution in [-0.2, 0) is 0 Å². The van der Waals surface area contributed by atoms with Crippen molar-refractivity contribution in [2.75, 3.05) is 0 Å². The van der Waals surface area contributed by atoms with Gasteiger partial charge in [0.25, 0.3) is 0 Å². The third-order valence-electron chi connectivity index (χ3n) is 8.04. The lowest BCUT2D eigenvalue weighted by Gasteiger charge is -2.58. The quantitative estimate of drug-likeness (QED) is 0.668. The number of fused-ring (bicyclic) bond motifs is 5. The van der Waals surface area contributed by atoms with E-state index in [4.69, 9.17) is 0 Å². The van der Waals surface area contributed by atoms with E-state index < -0.39 is 0 Å². The van der Waals surface area contributed by atoms with Gasteiger partial charge in [0, 0.05) is 0 Å². The fraction of sp³-hybridized carbons (Fsp3) is 0.895. The van der Waals surface area contributed by atoms with E-state index in [1.165, 1.54) is 32.1 Å². The molecular weight excluding hydrogens is 260 g/mol. The first-order chi connectivity index (χ1) is 9.95. The molecule has 2 heteroatoms. The van der Waals surface area contributed by atoms with Gasteiger partial charge in [0.15, 0.2) is 0 Å². The first-order valence-corrected chi connectivity index (χ1v) is 9.02. The second-order valence-electron chi connectivity index (χ2n) is 8.77. The average Bonchev–Trinajstić information content (AvgIpc) is 2.76. The van der Waals surface area contributed by atoms with Gasteiger partial charge in [0.05, 0.1) is 12.2 Å². The second-order valence-corrected chi connectivity index (χ2v) is 8.77. The number of hydrogen-bond acceptors (Lipinski definition) is 2. The van der Waals surface area contributed by atoms with Crippen molar-refractivity contribution in [1.82, 2.24) is 0 Å². The maximum atomic E-state index is 10.5. The summed E-state index contributed by atoms with van der Waals surface area (Å²) in [6.45, 7) is 4.82. The van der Waals surface area contributed by atoms with Crippen LogP contribution in [0, 0.1) is 28.6 Å². The fourth-order valence-corrected chi connectivity index (χ4v) is 6.68. The molecule has 0 heterocycles. The summed E-state index contributed by atoms with van der Waals surface area (Å²) >= 11 is 0. The largest absolute Gasteiger partial charge is 0.393 e. The van der Waals surface area contributed by atoms with Crippen molar-refractivity contribution in [3.05, 3.63) is 11.6 Å². The molecule has 4 rings (SSSR count). The Hall–Kier alpha value is -0.340. The van der Waals surface area contributed by atoms with Crippen LogP contribution >= 0.6 is 0 Å². The van der Waals surface area contributed by atoms with Gasteiger partial charge >= 0.3 is 0 Å². The molecule has 0 radical (unpaired) electrons. The normalized spacial score (nSPS) is 56.2. The van der Waals surface area contributed by atoms with E-state index in [0.29, 0.717) is 5.41 Å². The van der Waals surface area contributed by atoms with Crippen LogP contribution in [0.3, 0.4) is 0 Å². The smallest absolute Gasteiger partial charge is 0.0724 e. The van der Waals surface area contributed by atoms with Gasteiger partial charge in [-0.2, -0.15) is 0 Å². The van der Waals surface area contributed by atoms with Gasteiger partial charge in [-0.05, 0) is 80.0 Å². The van der Waals surface area contributed by atoms with E-state index in [9.17, 15) is 10.2 Å². The minimum absolute atomic E-state index is 0.0682. The molecule has 0 unspecified atom stereocenters. The zero-order valence-corrected chi connectivity index (χ0v) is 13.5. The molecule has 0 spiro atoms. The molecule has 7 atom stereocenters. The predicted molar refractivity (Wildman–Crippen MR) is 83.7 cm³/mol. The van der Waals surface area contributed by atoms with Crippen LogP contribution in [-0.4, -0.2) is 22.4 Å². The number of rotatable bonds is 0. The average molecular weight is 290 g/mol. The summed E-state index contributed by atoms with van der Waals surface area (Å²) in [5, 5.41) is 20.4. The van der Waals surface area contributed by atoms with E-state index in [2.05, 4.69) is 19.9 Å². The molecule has 2 N–H and O–H groups in total. The highest BCUT2D eigenvalue weighted by atomic mass is 16.3. The lowest BCUT2D eigenvalue weighted by atomic mass is 9.47.